The van der Waals surface area contributed by atoms with E-state index in [0.717, 1.165) is 12.1 Å². The van der Waals surface area contributed by atoms with Gasteiger partial charge in [-0.05, 0) is 30.5 Å². The molecule has 0 spiro atoms. The monoisotopic (exact) mass is 343 g/mol. The minimum absolute atomic E-state index is 0.00408. The normalized spacial score (nSPS) is 17.3. The third-order valence-electron chi connectivity index (χ3n) is 4.23. The minimum Gasteiger partial charge on any atom is -0.312 e. The molecule has 2 aromatic rings. The number of carbonyl (C=O) groups excluding carboxylic acids is 2. The highest BCUT2D eigenvalue weighted by atomic mass is 32.1. The van der Waals surface area contributed by atoms with Gasteiger partial charge in [-0.3, -0.25) is 9.59 Å². The number of rotatable bonds is 6. The molecule has 1 fully saturated rings. The Morgan fingerprint density at radius 2 is 2.17 bits per heavy atom. The van der Waals surface area contributed by atoms with Crippen molar-refractivity contribution in [2.24, 2.45) is 5.92 Å². The molecular formula is C18H21N3O2S. The van der Waals surface area contributed by atoms with Crippen molar-refractivity contribution in [1.82, 2.24) is 4.98 Å². The molecule has 2 amide bonds. The number of benzene rings is 1. The fourth-order valence-electron chi connectivity index (χ4n) is 2.85. The van der Waals surface area contributed by atoms with Crippen molar-refractivity contribution in [2.45, 2.75) is 32.6 Å². The molecule has 1 aliphatic rings. The molecule has 3 rings (SSSR count). The summed E-state index contributed by atoms with van der Waals surface area (Å²) in [6, 6.07) is 8.09. The lowest BCUT2D eigenvalue weighted by atomic mass is 10.1. The van der Waals surface area contributed by atoms with Gasteiger partial charge in [0.1, 0.15) is 0 Å². The second-order valence-electron chi connectivity index (χ2n) is 6.00. The topological polar surface area (TPSA) is 62.3 Å². The average Bonchev–Trinajstić information content (AvgIpc) is 3.23. The van der Waals surface area contributed by atoms with Crippen LogP contribution in [0, 0.1) is 5.92 Å². The number of aromatic nitrogens is 1. The van der Waals surface area contributed by atoms with Crippen LogP contribution in [0.1, 0.15) is 31.7 Å². The number of nitrogens with zero attached hydrogens (tertiary/aromatic N) is 2. The Hall–Kier alpha value is -2.21. The maximum absolute atomic E-state index is 12.3. The average molecular weight is 343 g/mol. The number of thiazole rings is 1. The van der Waals surface area contributed by atoms with Crippen LogP contribution in [0.4, 0.5) is 10.8 Å². The Morgan fingerprint density at radius 3 is 2.83 bits per heavy atom. The van der Waals surface area contributed by atoms with Crippen LogP contribution < -0.4 is 10.2 Å². The molecule has 6 heteroatoms. The van der Waals surface area contributed by atoms with Gasteiger partial charge in [0.25, 0.3) is 0 Å². The number of unbranched alkanes of at least 4 members (excludes halogenated alkanes) is 1. The lowest BCUT2D eigenvalue weighted by Crippen LogP contribution is -2.28. The van der Waals surface area contributed by atoms with Crippen LogP contribution in [0.15, 0.2) is 35.8 Å². The fraction of sp³-hybridized carbons (Fsp3) is 0.389. The lowest BCUT2D eigenvalue weighted by Gasteiger charge is -2.17. The smallest absolute Gasteiger partial charge is 0.231 e. The van der Waals surface area contributed by atoms with Crippen LogP contribution in [0.2, 0.25) is 0 Å². The van der Waals surface area contributed by atoms with Crippen LogP contribution in [0.25, 0.3) is 0 Å². The summed E-state index contributed by atoms with van der Waals surface area (Å²) in [5.74, 6) is -0.475. The molecule has 5 nitrogen and oxygen atoms in total. The Morgan fingerprint density at radius 1 is 1.38 bits per heavy atom. The second kappa shape index (κ2) is 7.57. The largest absolute Gasteiger partial charge is 0.312 e. The third-order valence-corrected chi connectivity index (χ3v) is 4.91. The maximum Gasteiger partial charge on any atom is 0.231 e. The first-order chi connectivity index (χ1) is 11.7. The Kier molecular flexibility index (Phi) is 5.25. The third kappa shape index (κ3) is 3.82. The van der Waals surface area contributed by atoms with Gasteiger partial charge in [0.2, 0.25) is 11.8 Å². The van der Waals surface area contributed by atoms with Gasteiger partial charge in [0.05, 0.1) is 5.92 Å². The number of nitrogens with one attached hydrogen (secondary N) is 1. The SMILES string of the molecule is CCCCc1ccc(N2C[C@@H](C(=O)Nc3nccs3)CC2=O)cc1. The summed E-state index contributed by atoms with van der Waals surface area (Å²) in [6.45, 7) is 2.60. The molecule has 0 radical (unpaired) electrons. The second-order valence-corrected chi connectivity index (χ2v) is 6.90. The van der Waals surface area contributed by atoms with Gasteiger partial charge >= 0.3 is 0 Å². The van der Waals surface area contributed by atoms with E-state index in [1.807, 2.05) is 17.5 Å². The molecule has 1 aromatic heterocycles. The van der Waals surface area contributed by atoms with E-state index < -0.39 is 0 Å². The van der Waals surface area contributed by atoms with Gasteiger partial charge in [-0.2, -0.15) is 0 Å². The molecule has 1 saturated heterocycles. The number of amides is 2. The van der Waals surface area contributed by atoms with Crippen LogP contribution in [-0.4, -0.2) is 23.3 Å². The van der Waals surface area contributed by atoms with Gasteiger partial charge < -0.3 is 10.2 Å². The Balaban J connectivity index is 1.63. The van der Waals surface area contributed by atoms with E-state index in [-0.39, 0.29) is 24.2 Å². The van der Waals surface area contributed by atoms with E-state index >= 15 is 0 Å². The molecule has 0 unspecified atom stereocenters. The number of hydrogen-bond donors (Lipinski definition) is 1. The van der Waals surface area contributed by atoms with Crippen molar-refractivity contribution in [2.75, 3.05) is 16.8 Å². The van der Waals surface area contributed by atoms with Gasteiger partial charge in [0.15, 0.2) is 5.13 Å². The van der Waals surface area contributed by atoms with Crippen LogP contribution in [0.5, 0.6) is 0 Å². The van der Waals surface area contributed by atoms with Crippen LogP contribution in [-0.2, 0) is 16.0 Å². The summed E-state index contributed by atoms with van der Waals surface area (Å²) in [7, 11) is 0. The Bertz CT molecular complexity index is 698. The summed E-state index contributed by atoms with van der Waals surface area (Å²) in [5.41, 5.74) is 2.15. The predicted octanol–water partition coefficient (Wildman–Crippen LogP) is 3.48. The molecule has 1 N–H and O–H groups in total. The van der Waals surface area contributed by atoms with Crippen LogP contribution >= 0.6 is 11.3 Å². The van der Waals surface area contributed by atoms with Gasteiger partial charge in [-0.1, -0.05) is 25.5 Å². The number of hydrogen-bond acceptors (Lipinski definition) is 4. The highest BCUT2D eigenvalue weighted by Gasteiger charge is 2.35. The molecule has 0 bridgehead atoms. The van der Waals surface area contributed by atoms with Gasteiger partial charge in [-0.25, -0.2) is 4.98 Å². The maximum atomic E-state index is 12.3. The zero-order chi connectivity index (χ0) is 16.9. The van der Waals surface area contributed by atoms with E-state index in [1.54, 1.807) is 11.1 Å². The van der Waals surface area contributed by atoms with E-state index in [9.17, 15) is 9.59 Å². The molecule has 1 aliphatic heterocycles. The number of carbonyl (C=O) groups is 2. The summed E-state index contributed by atoms with van der Waals surface area (Å²) < 4.78 is 0. The van der Waals surface area contributed by atoms with Crippen molar-refractivity contribution < 1.29 is 9.59 Å². The number of aryl methyl sites for hydroxylation is 1. The van der Waals surface area contributed by atoms with Crippen molar-refractivity contribution >= 4 is 34.0 Å². The minimum atomic E-state index is -0.332. The lowest BCUT2D eigenvalue weighted by molar-refractivity contribution is -0.122. The highest BCUT2D eigenvalue weighted by molar-refractivity contribution is 7.13. The zero-order valence-electron chi connectivity index (χ0n) is 13.7. The summed E-state index contributed by atoms with van der Waals surface area (Å²) in [4.78, 5) is 30.3. The fourth-order valence-corrected chi connectivity index (χ4v) is 3.38. The standard InChI is InChI=1S/C18H21N3O2S/c1-2-3-4-13-5-7-15(8-6-13)21-12-14(11-16(21)22)17(23)20-18-19-9-10-24-18/h5-10,14H,2-4,11-12H2,1H3,(H,19,20,23)/t14-/m0/s1. The summed E-state index contributed by atoms with van der Waals surface area (Å²) in [6.07, 6.45) is 5.29. The van der Waals surface area contributed by atoms with E-state index in [2.05, 4.69) is 29.4 Å². The molecule has 126 valence electrons. The van der Waals surface area contributed by atoms with Crippen LogP contribution in [0.3, 0.4) is 0 Å². The van der Waals surface area contributed by atoms with Crippen molar-refractivity contribution in [3.63, 3.8) is 0 Å². The molecule has 0 aliphatic carbocycles. The highest BCUT2D eigenvalue weighted by Crippen LogP contribution is 2.26. The summed E-state index contributed by atoms with van der Waals surface area (Å²) in [5, 5.41) is 5.16. The first-order valence-electron chi connectivity index (χ1n) is 8.27. The van der Waals surface area contributed by atoms with E-state index in [1.165, 1.54) is 29.7 Å². The molecule has 1 aromatic carbocycles. The molecule has 0 saturated carbocycles. The van der Waals surface area contributed by atoms with E-state index in [4.69, 9.17) is 0 Å². The Labute approximate surface area is 145 Å². The van der Waals surface area contributed by atoms with Crippen molar-refractivity contribution in [3.8, 4) is 0 Å². The quantitative estimate of drug-likeness (QED) is 0.873. The van der Waals surface area contributed by atoms with Gasteiger partial charge in [-0.15, -0.1) is 11.3 Å². The number of anilines is 2. The van der Waals surface area contributed by atoms with Gasteiger partial charge in [0, 0.05) is 30.2 Å². The van der Waals surface area contributed by atoms with Crippen molar-refractivity contribution in [1.29, 1.82) is 0 Å². The molecule has 1 atom stereocenters. The first-order valence-corrected chi connectivity index (χ1v) is 9.15. The van der Waals surface area contributed by atoms with E-state index in [0.29, 0.717) is 11.7 Å². The predicted molar refractivity (Wildman–Crippen MR) is 96.3 cm³/mol. The first kappa shape index (κ1) is 16.6. The molecule has 24 heavy (non-hydrogen) atoms. The molecule has 2 heterocycles. The zero-order valence-corrected chi connectivity index (χ0v) is 14.5. The van der Waals surface area contributed by atoms with Crippen molar-refractivity contribution in [3.05, 3.63) is 41.4 Å². The summed E-state index contributed by atoms with van der Waals surface area (Å²) >= 11 is 1.37. The molecular weight excluding hydrogens is 322 g/mol.